The Kier molecular flexibility index (Phi) is 13.2. The van der Waals surface area contributed by atoms with Crippen LogP contribution < -0.4 is 4.74 Å². The number of carboxylic acids is 1. The number of ether oxygens (including phenoxy) is 1. The fourth-order valence-electron chi connectivity index (χ4n) is 5.79. The van der Waals surface area contributed by atoms with Gasteiger partial charge in [0.1, 0.15) is 11.4 Å². The van der Waals surface area contributed by atoms with Gasteiger partial charge in [-0.05, 0) is 93.4 Å². The first-order valence-corrected chi connectivity index (χ1v) is 15.9. The zero-order valence-electron chi connectivity index (χ0n) is 25.5. The molecule has 0 spiro atoms. The maximum absolute atomic E-state index is 12.4. The van der Waals surface area contributed by atoms with E-state index in [1.54, 1.807) is 0 Å². The highest BCUT2D eigenvalue weighted by Gasteiger charge is 2.34. The standard InChI is InChI=1S/C33H54O4S/c1-22(2)12-9-13-23(3)14-10-15-24(4)16-11-20-33(8)21-19-28-27(7)32(26(6)25(5)31(28)37-33)38-30(36)18-17-29(34)35/h22-24H,9-21H2,1-8H3,(H,34,35)/t23-,24-,33-/m1/s1. The second-order valence-electron chi connectivity index (χ2n) is 12.8. The highest BCUT2D eigenvalue weighted by molar-refractivity contribution is 8.13. The molecular formula is C33H54O4S. The normalized spacial score (nSPS) is 18.7. The second kappa shape index (κ2) is 15.3. The monoisotopic (exact) mass is 546 g/mol. The smallest absolute Gasteiger partial charge is 0.303 e. The van der Waals surface area contributed by atoms with Gasteiger partial charge in [-0.15, -0.1) is 0 Å². The summed E-state index contributed by atoms with van der Waals surface area (Å²) in [6, 6.07) is 0. The third kappa shape index (κ3) is 10.2. The molecule has 0 saturated carbocycles. The van der Waals surface area contributed by atoms with Crippen LogP contribution in [-0.2, 0) is 16.0 Å². The summed E-state index contributed by atoms with van der Waals surface area (Å²) in [4.78, 5) is 24.2. The first-order valence-electron chi connectivity index (χ1n) is 15.1. The summed E-state index contributed by atoms with van der Waals surface area (Å²) in [5.74, 6) is 2.52. The van der Waals surface area contributed by atoms with Gasteiger partial charge in [-0.1, -0.05) is 84.4 Å². The van der Waals surface area contributed by atoms with Gasteiger partial charge in [0.2, 0.25) is 0 Å². The van der Waals surface area contributed by atoms with Gasteiger partial charge in [-0.2, -0.15) is 0 Å². The minimum atomic E-state index is -0.932. The third-order valence-electron chi connectivity index (χ3n) is 8.60. The molecule has 0 aromatic heterocycles. The molecule has 1 aromatic rings. The fraction of sp³-hybridized carbons (Fsp3) is 0.758. The highest BCUT2D eigenvalue weighted by Crippen LogP contribution is 2.45. The first kappa shape index (κ1) is 32.7. The lowest BCUT2D eigenvalue weighted by molar-refractivity contribution is -0.137. The summed E-state index contributed by atoms with van der Waals surface area (Å²) < 4.78 is 6.73. The van der Waals surface area contributed by atoms with Gasteiger partial charge >= 0.3 is 5.97 Å². The van der Waals surface area contributed by atoms with Crippen LogP contribution in [0.15, 0.2) is 4.90 Å². The highest BCUT2D eigenvalue weighted by atomic mass is 32.2. The van der Waals surface area contributed by atoms with E-state index in [1.165, 1.54) is 68.7 Å². The average Bonchev–Trinajstić information content (AvgIpc) is 2.83. The summed E-state index contributed by atoms with van der Waals surface area (Å²) in [7, 11) is 0. The number of thioether (sulfide) groups is 1. The molecule has 1 N–H and O–H groups in total. The van der Waals surface area contributed by atoms with Gasteiger partial charge in [0, 0.05) is 11.3 Å². The number of hydrogen-bond donors (Lipinski definition) is 1. The molecule has 1 aliphatic rings. The first-order chi connectivity index (χ1) is 17.8. The quantitative estimate of drug-likeness (QED) is 0.209. The Morgan fingerprint density at radius 3 is 2.03 bits per heavy atom. The molecule has 0 saturated heterocycles. The number of rotatable bonds is 16. The summed E-state index contributed by atoms with van der Waals surface area (Å²) in [5, 5.41) is 8.81. The molecule has 0 aliphatic carbocycles. The molecule has 0 bridgehead atoms. The van der Waals surface area contributed by atoms with Crippen molar-refractivity contribution in [2.24, 2.45) is 17.8 Å². The lowest BCUT2D eigenvalue weighted by Crippen LogP contribution is -2.37. The van der Waals surface area contributed by atoms with Crippen molar-refractivity contribution in [3.8, 4) is 5.75 Å². The Morgan fingerprint density at radius 2 is 1.45 bits per heavy atom. The summed E-state index contributed by atoms with van der Waals surface area (Å²) in [6.45, 7) is 18.0. The van der Waals surface area contributed by atoms with Crippen LogP contribution in [0.25, 0.3) is 0 Å². The van der Waals surface area contributed by atoms with Crippen LogP contribution in [0.3, 0.4) is 0 Å². The molecule has 1 aromatic carbocycles. The predicted molar refractivity (Wildman–Crippen MR) is 160 cm³/mol. The van der Waals surface area contributed by atoms with E-state index >= 15 is 0 Å². The summed E-state index contributed by atoms with van der Waals surface area (Å²) in [5.41, 5.74) is 4.38. The lowest BCUT2D eigenvalue weighted by Gasteiger charge is -2.38. The fourth-order valence-corrected chi connectivity index (χ4v) is 6.80. The van der Waals surface area contributed by atoms with E-state index in [1.807, 2.05) is 0 Å². The van der Waals surface area contributed by atoms with E-state index in [2.05, 4.69) is 55.4 Å². The minimum Gasteiger partial charge on any atom is -0.487 e. The zero-order chi connectivity index (χ0) is 28.5. The van der Waals surface area contributed by atoms with E-state index in [4.69, 9.17) is 9.84 Å². The van der Waals surface area contributed by atoms with Crippen LogP contribution in [-0.4, -0.2) is 21.8 Å². The van der Waals surface area contributed by atoms with Crippen molar-refractivity contribution in [2.75, 3.05) is 0 Å². The van der Waals surface area contributed by atoms with Crippen molar-refractivity contribution in [3.05, 3.63) is 22.3 Å². The molecule has 0 amide bonds. The molecule has 1 heterocycles. The minimum absolute atomic E-state index is 0.0549. The molecule has 1 aliphatic heterocycles. The molecule has 0 unspecified atom stereocenters. The van der Waals surface area contributed by atoms with Gasteiger partial charge in [-0.25, -0.2) is 0 Å². The van der Waals surface area contributed by atoms with Crippen molar-refractivity contribution in [1.82, 2.24) is 0 Å². The number of fused-ring (bicyclic) bond motifs is 1. The van der Waals surface area contributed by atoms with Gasteiger partial charge < -0.3 is 9.84 Å². The number of aliphatic carboxylic acids is 1. The van der Waals surface area contributed by atoms with E-state index in [0.717, 1.165) is 64.4 Å². The molecule has 5 heteroatoms. The van der Waals surface area contributed by atoms with Crippen molar-refractivity contribution in [2.45, 2.75) is 149 Å². The van der Waals surface area contributed by atoms with E-state index in [9.17, 15) is 9.59 Å². The Hall–Kier alpha value is -1.49. The zero-order valence-corrected chi connectivity index (χ0v) is 26.3. The van der Waals surface area contributed by atoms with Gasteiger partial charge in [-0.3, -0.25) is 9.59 Å². The largest absolute Gasteiger partial charge is 0.487 e. The summed E-state index contributed by atoms with van der Waals surface area (Å²) >= 11 is 1.20. The number of carbonyl (C=O) groups excluding carboxylic acids is 1. The average molecular weight is 547 g/mol. The molecule has 3 atom stereocenters. The topological polar surface area (TPSA) is 63.6 Å². The SMILES string of the molecule is Cc1c(C)c(SC(=O)CCC(=O)O)c(C)c2c1O[C@](C)(CCC[C@H](C)CCC[C@H](C)CCCC(C)C)CC2. The van der Waals surface area contributed by atoms with Crippen LogP contribution in [0.1, 0.15) is 134 Å². The molecule has 2 rings (SSSR count). The number of benzene rings is 1. The number of carbonyl (C=O) groups is 2. The maximum atomic E-state index is 12.4. The summed E-state index contributed by atoms with van der Waals surface area (Å²) in [6.07, 6.45) is 13.6. The molecule has 0 radical (unpaired) electrons. The van der Waals surface area contributed by atoms with Crippen LogP contribution in [0, 0.1) is 38.5 Å². The molecule has 216 valence electrons. The number of hydrogen-bond acceptors (Lipinski definition) is 4. The van der Waals surface area contributed by atoms with Gasteiger partial charge in [0.15, 0.2) is 5.12 Å². The van der Waals surface area contributed by atoms with Gasteiger partial charge in [0.25, 0.3) is 0 Å². The predicted octanol–water partition coefficient (Wildman–Crippen LogP) is 9.62. The Labute approximate surface area is 237 Å². The van der Waals surface area contributed by atoms with E-state index in [0.29, 0.717) is 0 Å². The Balaban J connectivity index is 1.87. The van der Waals surface area contributed by atoms with Gasteiger partial charge in [0.05, 0.1) is 6.42 Å². The van der Waals surface area contributed by atoms with Crippen molar-refractivity contribution in [3.63, 3.8) is 0 Å². The maximum Gasteiger partial charge on any atom is 0.303 e. The van der Waals surface area contributed by atoms with Crippen molar-refractivity contribution >= 4 is 22.8 Å². The van der Waals surface area contributed by atoms with Crippen LogP contribution in [0.2, 0.25) is 0 Å². The van der Waals surface area contributed by atoms with Crippen LogP contribution in [0.5, 0.6) is 5.75 Å². The third-order valence-corrected chi connectivity index (χ3v) is 9.85. The molecular weight excluding hydrogens is 492 g/mol. The van der Waals surface area contributed by atoms with Crippen LogP contribution in [0.4, 0.5) is 0 Å². The molecule has 38 heavy (non-hydrogen) atoms. The lowest BCUT2D eigenvalue weighted by atomic mass is 9.84. The Bertz CT molecular complexity index is 938. The number of carboxylic acid groups (broad SMARTS) is 1. The van der Waals surface area contributed by atoms with Crippen molar-refractivity contribution < 1.29 is 19.4 Å². The Morgan fingerprint density at radius 1 is 0.868 bits per heavy atom. The van der Waals surface area contributed by atoms with E-state index in [-0.39, 0.29) is 23.6 Å². The van der Waals surface area contributed by atoms with E-state index < -0.39 is 5.97 Å². The van der Waals surface area contributed by atoms with Crippen LogP contribution >= 0.6 is 11.8 Å². The molecule has 4 nitrogen and oxygen atoms in total. The molecule has 0 fully saturated rings. The van der Waals surface area contributed by atoms with Crippen molar-refractivity contribution in [1.29, 1.82) is 0 Å². The second-order valence-corrected chi connectivity index (χ2v) is 13.9.